The van der Waals surface area contributed by atoms with Gasteiger partial charge in [-0.2, -0.15) is 0 Å². The quantitative estimate of drug-likeness (QED) is 0.897. The molecule has 0 fully saturated rings. The van der Waals surface area contributed by atoms with Crippen LogP contribution in [0, 0.1) is 5.82 Å². The van der Waals surface area contributed by atoms with E-state index in [2.05, 4.69) is 0 Å². The molecule has 2 rings (SSSR count). The minimum absolute atomic E-state index is 0.111. The summed E-state index contributed by atoms with van der Waals surface area (Å²) in [5.41, 5.74) is 7.92. The monoisotopic (exact) mass is 297 g/mol. The summed E-state index contributed by atoms with van der Waals surface area (Å²) in [5.74, 6) is -0.405. The van der Waals surface area contributed by atoms with Gasteiger partial charge in [-0.1, -0.05) is 47.5 Å². The molecule has 0 aliphatic heterocycles. The van der Waals surface area contributed by atoms with Crippen molar-refractivity contribution in [1.29, 1.82) is 0 Å². The smallest absolute Gasteiger partial charge is 0.142 e. The highest BCUT2D eigenvalue weighted by Crippen LogP contribution is 2.21. The Morgan fingerprint density at radius 1 is 1.00 bits per heavy atom. The van der Waals surface area contributed by atoms with Gasteiger partial charge in [0.1, 0.15) is 5.82 Å². The van der Waals surface area contributed by atoms with Crippen LogP contribution in [0.25, 0.3) is 0 Å². The fourth-order valence-corrected chi connectivity index (χ4v) is 2.31. The third-order valence-corrected chi connectivity index (χ3v) is 3.60. The van der Waals surface area contributed by atoms with E-state index in [1.807, 2.05) is 24.3 Å². The molecule has 0 amide bonds. The molecule has 0 aromatic heterocycles. The largest absolute Gasteiger partial charge is 0.327 e. The zero-order chi connectivity index (χ0) is 13.8. The lowest BCUT2D eigenvalue weighted by atomic mass is 10.00. The van der Waals surface area contributed by atoms with E-state index in [9.17, 15) is 4.39 Å². The average molecular weight is 298 g/mol. The predicted molar refractivity (Wildman–Crippen MR) is 78.2 cm³/mol. The van der Waals surface area contributed by atoms with Gasteiger partial charge in [-0.3, -0.25) is 0 Å². The number of rotatable bonds is 4. The van der Waals surface area contributed by atoms with Crippen molar-refractivity contribution in [3.63, 3.8) is 0 Å². The maximum Gasteiger partial charge on any atom is 0.142 e. The predicted octanol–water partition coefficient (Wildman–Crippen LogP) is 4.25. The van der Waals surface area contributed by atoms with Crippen LogP contribution in [0.4, 0.5) is 4.39 Å². The highest BCUT2D eigenvalue weighted by atomic mass is 35.5. The molecule has 100 valence electrons. The lowest BCUT2D eigenvalue weighted by Crippen LogP contribution is -2.25. The fraction of sp³-hybridized carbons (Fsp3) is 0.200. The molecule has 1 atom stereocenters. The van der Waals surface area contributed by atoms with E-state index >= 15 is 0 Å². The molecule has 0 bridgehead atoms. The van der Waals surface area contributed by atoms with Crippen molar-refractivity contribution in [1.82, 2.24) is 0 Å². The zero-order valence-electron chi connectivity index (χ0n) is 10.2. The lowest BCUT2D eigenvalue weighted by molar-refractivity contribution is 0.618. The van der Waals surface area contributed by atoms with Crippen LogP contribution in [0.2, 0.25) is 10.0 Å². The van der Waals surface area contributed by atoms with Crippen molar-refractivity contribution in [3.8, 4) is 0 Å². The Bertz CT molecular complexity index is 555. The van der Waals surface area contributed by atoms with Crippen LogP contribution in [-0.4, -0.2) is 6.04 Å². The molecule has 0 radical (unpaired) electrons. The molecular formula is C15H14Cl2FN. The molecule has 2 aromatic rings. The fourth-order valence-electron chi connectivity index (χ4n) is 1.98. The van der Waals surface area contributed by atoms with Gasteiger partial charge in [-0.15, -0.1) is 0 Å². The van der Waals surface area contributed by atoms with Crippen LogP contribution >= 0.6 is 23.2 Å². The molecule has 1 unspecified atom stereocenters. The van der Waals surface area contributed by atoms with Gasteiger partial charge in [0, 0.05) is 11.1 Å². The molecule has 0 heterocycles. The molecule has 0 saturated heterocycles. The Kier molecular flexibility index (Phi) is 4.81. The Morgan fingerprint density at radius 2 is 1.68 bits per heavy atom. The molecule has 1 nitrogen and oxygen atoms in total. The molecule has 0 saturated carbocycles. The first-order valence-electron chi connectivity index (χ1n) is 5.99. The highest BCUT2D eigenvalue weighted by Gasteiger charge is 2.10. The Balaban J connectivity index is 2.03. The number of hydrogen-bond donors (Lipinski definition) is 1. The van der Waals surface area contributed by atoms with E-state index in [1.54, 1.807) is 12.1 Å². The second kappa shape index (κ2) is 6.38. The van der Waals surface area contributed by atoms with Crippen LogP contribution in [0.1, 0.15) is 11.1 Å². The standard InChI is InChI=1S/C15H14Cl2FN/c16-12-6-4-10(5-7-12)8-13(19)9-11-2-1-3-14(18)15(11)17/h1-7,13H,8-9,19H2. The molecule has 0 aliphatic carbocycles. The molecule has 2 N–H and O–H groups in total. The van der Waals surface area contributed by atoms with Crippen molar-refractivity contribution in [2.45, 2.75) is 18.9 Å². The SMILES string of the molecule is NC(Cc1ccc(Cl)cc1)Cc1cccc(F)c1Cl. The van der Waals surface area contributed by atoms with E-state index in [1.165, 1.54) is 6.07 Å². The van der Waals surface area contributed by atoms with Crippen molar-refractivity contribution >= 4 is 23.2 Å². The normalized spacial score (nSPS) is 12.4. The lowest BCUT2D eigenvalue weighted by Gasteiger charge is -2.13. The van der Waals surface area contributed by atoms with E-state index in [4.69, 9.17) is 28.9 Å². The summed E-state index contributed by atoms with van der Waals surface area (Å²) >= 11 is 11.7. The van der Waals surface area contributed by atoms with Gasteiger partial charge in [-0.25, -0.2) is 4.39 Å². The first-order chi connectivity index (χ1) is 9.06. The summed E-state index contributed by atoms with van der Waals surface area (Å²) in [6.45, 7) is 0. The average Bonchev–Trinajstić information content (AvgIpc) is 2.38. The highest BCUT2D eigenvalue weighted by molar-refractivity contribution is 6.31. The second-order valence-electron chi connectivity index (χ2n) is 4.51. The molecule has 0 spiro atoms. The van der Waals surface area contributed by atoms with Gasteiger partial charge in [0.15, 0.2) is 0 Å². The summed E-state index contributed by atoms with van der Waals surface area (Å²) in [4.78, 5) is 0. The van der Waals surface area contributed by atoms with Gasteiger partial charge in [0.05, 0.1) is 5.02 Å². The van der Waals surface area contributed by atoms with E-state index in [0.29, 0.717) is 17.9 Å². The van der Waals surface area contributed by atoms with Crippen LogP contribution in [0.5, 0.6) is 0 Å². The van der Waals surface area contributed by atoms with E-state index < -0.39 is 5.82 Å². The summed E-state index contributed by atoms with van der Waals surface area (Å²) < 4.78 is 13.3. The van der Waals surface area contributed by atoms with Crippen molar-refractivity contribution < 1.29 is 4.39 Å². The minimum Gasteiger partial charge on any atom is -0.327 e. The Labute approximate surface area is 122 Å². The van der Waals surface area contributed by atoms with Crippen LogP contribution in [0.15, 0.2) is 42.5 Å². The third-order valence-electron chi connectivity index (χ3n) is 2.92. The zero-order valence-corrected chi connectivity index (χ0v) is 11.8. The second-order valence-corrected chi connectivity index (χ2v) is 5.32. The van der Waals surface area contributed by atoms with Crippen molar-refractivity contribution in [2.24, 2.45) is 5.73 Å². The van der Waals surface area contributed by atoms with Crippen LogP contribution in [-0.2, 0) is 12.8 Å². The number of benzene rings is 2. The number of hydrogen-bond acceptors (Lipinski definition) is 1. The molecule has 19 heavy (non-hydrogen) atoms. The van der Waals surface area contributed by atoms with Crippen LogP contribution in [0.3, 0.4) is 0 Å². The van der Waals surface area contributed by atoms with E-state index in [-0.39, 0.29) is 11.1 Å². The van der Waals surface area contributed by atoms with E-state index in [0.717, 1.165) is 11.1 Å². The number of halogens is 3. The van der Waals surface area contributed by atoms with Gasteiger partial charge >= 0.3 is 0 Å². The minimum atomic E-state index is -0.405. The maximum absolute atomic E-state index is 13.3. The third kappa shape index (κ3) is 3.93. The first-order valence-corrected chi connectivity index (χ1v) is 6.75. The summed E-state index contributed by atoms with van der Waals surface area (Å²) in [6.07, 6.45) is 1.24. The number of nitrogens with two attached hydrogens (primary N) is 1. The van der Waals surface area contributed by atoms with Gasteiger partial charge in [0.25, 0.3) is 0 Å². The topological polar surface area (TPSA) is 26.0 Å². The van der Waals surface area contributed by atoms with Gasteiger partial charge < -0.3 is 5.73 Å². The first kappa shape index (κ1) is 14.3. The van der Waals surface area contributed by atoms with Gasteiger partial charge in [-0.05, 0) is 42.2 Å². The molecule has 4 heteroatoms. The summed E-state index contributed by atoms with van der Waals surface area (Å²) in [6, 6.07) is 12.2. The van der Waals surface area contributed by atoms with Crippen LogP contribution < -0.4 is 5.73 Å². The van der Waals surface area contributed by atoms with Crippen molar-refractivity contribution in [3.05, 3.63) is 69.5 Å². The Hall–Kier alpha value is -1.09. The molecule has 0 aliphatic rings. The van der Waals surface area contributed by atoms with Gasteiger partial charge in [0.2, 0.25) is 0 Å². The summed E-state index contributed by atoms with van der Waals surface area (Å²) in [5, 5.41) is 0.861. The summed E-state index contributed by atoms with van der Waals surface area (Å²) in [7, 11) is 0. The Morgan fingerprint density at radius 3 is 2.37 bits per heavy atom. The van der Waals surface area contributed by atoms with Crippen molar-refractivity contribution in [2.75, 3.05) is 0 Å². The maximum atomic E-state index is 13.3. The molecule has 2 aromatic carbocycles. The molecular weight excluding hydrogens is 284 g/mol.